The number of fused-ring (bicyclic) bond motifs is 1. The summed E-state index contributed by atoms with van der Waals surface area (Å²) in [6.45, 7) is 3.44. The summed E-state index contributed by atoms with van der Waals surface area (Å²) in [5.74, 6) is -1.40. The van der Waals surface area contributed by atoms with E-state index in [1.165, 1.54) is 28.6 Å². The maximum absolute atomic E-state index is 13.4. The fraction of sp³-hybridized carbons (Fsp3) is 0.312. The highest BCUT2D eigenvalue weighted by atomic mass is 32.1. The van der Waals surface area contributed by atoms with E-state index in [4.69, 9.17) is 0 Å². The molecule has 0 aliphatic carbocycles. The topological polar surface area (TPSA) is 40.5 Å². The van der Waals surface area contributed by atoms with Crippen molar-refractivity contribution >= 4 is 17.3 Å². The zero-order chi connectivity index (χ0) is 15.0. The lowest BCUT2D eigenvalue weighted by atomic mass is 9.99. The van der Waals surface area contributed by atoms with Crippen molar-refractivity contribution in [2.45, 2.75) is 25.9 Å². The first-order valence-electron chi connectivity index (χ1n) is 6.88. The third kappa shape index (κ3) is 2.71. The van der Waals surface area contributed by atoms with Crippen molar-refractivity contribution in [1.29, 1.82) is 0 Å². The van der Waals surface area contributed by atoms with Gasteiger partial charge in [-0.3, -0.25) is 4.90 Å². The Morgan fingerprint density at radius 1 is 1.48 bits per heavy atom. The highest BCUT2D eigenvalue weighted by Gasteiger charge is 2.25. The number of halogens is 1. The molecule has 1 atom stereocenters. The SMILES string of the molecule is CC1c2ccsc2CCN1Cc1cc(F)ccc1C(=O)O. The summed E-state index contributed by atoms with van der Waals surface area (Å²) in [5, 5.41) is 11.3. The zero-order valence-corrected chi connectivity index (χ0v) is 12.5. The Kier molecular flexibility index (Phi) is 3.78. The Morgan fingerprint density at radius 3 is 3.05 bits per heavy atom. The maximum atomic E-state index is 13.4. The number of carboxylic acid groups (broad SMARTS) is 1. The summed E-state index contributed by atoms with van der Waals surface area (Å²) in [6.07, 6.45) is 0.967. The van der Waals surface area contributed by atoms with Gasteiger partial charge in [-0.05, 0) is 54.1 Å². The van der Waals surface area contributed by atoms with Gasteiger partial charge in [0.15, 0.2) is 0 Å². The van der Waals surface area contributed by atoms with Crippen LogP contribution in [0.15, 0.2) is 29.6 Å². The second-order valence-corrected chi connectivity index (χ2v) is 6.30. The molecular formula is C16H16FNO2S. The Balaban J connectivity index is 1.88. The Bertz CT molecular complexity index is 683. The van der Waals surface area contributed by atoms with Crippen LogP contribution in [0, 0.1) is 5.82 Å². The average Bonchev–Trinajstić information content (AvgIpc) is 2.91. The molecule has 0 radical (unpaired) electrons. The first kappa shape index (κ1) is 14.2. The molecule has 1 unspecified atom stereocenters. The van der Waals surface area contributed by atoms with Gasteiger partial charge in [-0.2, -0.15) is 0 Å². The number of hydrogen-bond acceptors (Lipinski definition) is 3. The highest BCUT2D eigenvalue weighted by molar-refractivity contribution is 7.10. The van der Waals surface area contributed by atoms with Crippen molar-refractivity contribution in [3.8, 4) is 0 Å². The molecule has 1 N–H and O–H groups in total. The van der Waals surface area contributed by atoms with Gasteiger partial charge in [-0.25, -0.2) is 9.18 Å². The molecule has 1 aliphatic heterocycles. The molecule has 0 fully saturated rings. The molecule has 1 aromatic heterocycles. The van der Waals surface area contributed by atoms with Crippen LogP contribution in [0.25, 0.3) is 0 Å². The fourth-order valence-electron chi connectivity index (χ4n) is 2.90. The van der Waals surface area contributed by atoms with Crippen LogP contribution in [0.1, 0.15) is 39.3 Å². The molecule has 1 aromatic carbocycles. The molecule has 0 bridgehead atoms. The molecular weight excluding hydrogens is 289 g/mol. The lowest BCUT2D eigenvalue weighted by Gasteiger charge is -2.33. The summed E-state index contributed by atoms with van der Waals surface area (Å²) >= 11 is 1.77. The third-order valence-electron chi connectivity index (χ3n) is 4.07. The molecule has 110 valence electrons. The molecule has 3 nitrogen and oxygen atoms in total. The van der Waals surface area contributed by atoms with Crippen LogP contribution in [0.2, 0.25) is 0 Å². The maximum Gasteiger partial charge on any atom is 0.336 e. The van der Waals surface area contributed by atoms with Crippen LogP contribution < -0.4 is 0 Å². The van der Waals surface area contributed by atoms with Crippen LogP contribution in [0.3, 0.4) is 0 Å². The van der Waals surface area contributed by atoms with E-state index in [2.05, 4.69) is 23.3 Å². The van der Waals surface area contributed by atoms with E-state index in [0.717, 1.165) is 13.0 Å². The predicted octanol–water partition coefficient (Wildman–Crippen LogP) is 3.70. The van der Waals surface area contributed by atoms with Gasteiger partial charge in [0.05, 0.1) is 5.56 Å². The molecule has 1 aliphatic rings. The molecule has 0 saturated heterocycles. The summed E-state index contributed by atoms with van der Waals surface area (Å²) in [7, 11) is 0. The molecule has 0 amide bonds. The summed E-state index contributed by atoms with van der Waals surface area (Å²) in [4.78, 5) is 14.9. The predicted molar refractivity (Wildman–Crippen MR) is 80.2 cm³/mol. The van der Waals surface area contributed by atoms with E-state index in [1.54, 1.807) is 11.3 Å². The number of hydrogen-bond donors (Lipinski definition) is 1. The normalized spacial score (nSPS) is 18.5. The van der Waals surface area contributed by atoms with E-state index >= 15 is 0 Å². The van der Waals surface area contributed by atoms with Crippen molar-refractivity contribution in [2.24, 2.45) is 0 Å². The van der Waals surface area contributed by atoms with Crippen LogP contribution in [-0.4, -0.2) is 22.5 Å². The second-order valence-electron chi connectivity index (χ2n) is 5.30. The van der Waals surface area contributed by atoms with Crippen molar-refractivity contribution in [3.05, 3.63) is 57.0 Å². The van der Waals surface area contributed by atoms with E-state index in [-0.39, 0.29) is 11.6 Å². The lowest BCUT2D eigenvalue weighted by Crippen LogP contribution is -2.33. The van der Waals surface area contributed by atoms with E-state index in [0.29, 0.717) is 12.1 Å². The first-order chi connectivity index (χ1) is 10.1. The monoisotopic (exact) mass is 305 g/mol. The van der Waals surface area contributed by atoms with Crippen LogP contribution in [0.4, 0.5) is 4.39 Å². The first-order valence-corrected chi connectivity index (χ1v) is 7.76. The molecule has 2 heterocycles. The standard InChI is InChI=1S/C16H16FNO2S/c1-10-13-5-7-21-15(13)4-6-18(10)9-11-8-12(17)2-3-14(11)16(19)20/h2-3,5,7-8,10H,4,6,9H2,1H3,(H,19,20). The van der Waals surface area contributed by atoms with Crippen molar-refractivity contribution < 1.29 is 14.3 Å². The highest BCUT2D eigenvalue weighted by Crippen LogP contribution is 2.34. The molecule has 2 aromatic rings. The largest absolute Gasteiger partial charge is 0.478 e. The number of thiophene rings is 1. The van der Waals surface area contributed by atoms with Gasteiger partial charge in [-0.15, -0.1) is 11.3 Å². The number of carbonyl (C=O) groups is 1. The van der Waals surface area contributed by atoms with Crippen molar-refractivity contribution in [3.63, 3.8) is 0 Å². The summed E-state index contributed by atoms with van der Waals surface area (Å²) in [5.41, 5.74) is 2.02. The Labute approximate surface area is 126 Å². The van der Waals surface area contributed by atoms with Crippen LogP contribution >= 0.6 is 11.3 Å². The number of carboxylic acids is 1. The lowest BCUT2D eigenvalue weighted by molar-refractivity contribution is 0.0693. The minimum Gasteiger partial charge on any atom is -0.478 e. The van der Waals surface area contributed by atoms with Gasteiger partial charge < -0.3 is 5.11 Å². The van der Waals surface area contributed by atoms with Gasteiger partial charge >= 0.3 is 5.97 Å². The van der Waals surface area contributed by atoms with E-state index < -0.39 is 11.8 Å². The van der Waals surface area contributed by atoms with Crippen molar-refractivity contribution in [2.75, 3.05) is 6.54 Å². The molecule has 5 heteroatoms. The van der Waals surface area contributed by atoms with E-state index in [1.807, 2.05) is 0 Å². The van der Waals surface area contributed by atoms with Crippen LogP contribution in [-0.2, 0) is 13.0 Å². The smallest absolute Gasteiger partial charge is 0.336 e. The number of benzene rings is 1. The van der Waals surface area contributed by atoms with Gasteiger partial charge in [0.2, 0.25) is 0 Å². The van der Waals surface area contributed by atoms with Crippen molar-refractivity contribution in [1.82, 2.24) is 4.90 Å². The molecule has 0 saturated carbocycles. The summed E-state index contributed by atoms with van der Waals surface area (Å²) < 4.78 is 13.4. The van der Waals surface area contributed by atoms with Gasteiger partial charge in [0, 0.05) is 24.0 Å². The quantitative estimate of drug-likeness (QED) is 0.940. The number of rotatable bonds is 3. The Morgan fingerprint density at radius 2 is 2.29 bits per heavy atom. The van der Waals surface area contributed by atoms with Gasteiger partial charge in [-0.1, -0.05) is 0 Å². The molecule has 21 heavy (non-hydrogen) atoms. The van der Waals surface area contributed by atoms with Gasteiger partial charge in [0.25, 0.3) is 0 Å². The Hall–Kier alpha value is -1.72. The zero-order valence-electron chi connectivity index (χ0n) is 11.7. The number of aromatic carboxylic acids is 1. The number of nitrogens with zero attached hydrogens (tertiary/aromatic N) is 1. The summed E-state index contributed by atoms with van der Waals surface area (Å²) in [6, 6.07) is 6.23. The third-order valence-corrected chi connectivity index (χ3v) is 5.07. The minimum atomic E-state index is -1.01. The van der Waals surface area contributed by atoms with E-state index in [9.17, 15) is 14.3 Å². The van der Waals surface area contributed by atoms with Crippen LogP contribution in [0.5, 0.6) is 0 Å². The molecule has 0 spiro atoms. The minimum absolute atomic E-state index is 0.180. The fourth-order valence-corrected chi connectivity index (χ4v) is 3.86. The average molecular weight is 305 g/mol. The van der Waals surface area contributed by atoms with Gasteiger partial charge in [0.1, 0.15) is 5.82 Å². The second kappa shape index (κ2) is 5.58. The molecule has 3 rings (SSSR count).